The smallest absolute Gasteiger partial charge is 0.139 e. The lowest BCUT2D eigenvalue weighted by Gasteiger charge is -2.34. The van der Waals surface area contributed by atoms with Gasteiger partial charge in [0.25, 0.3) is 0 Å². The number of rotatable bonds is 0. The Hall–Kier alpha value is -0.410. The van der Waals surface area contributed by atoms with Crippen LogP contribution >= 0.6 is 0 Å². The average molecular weight is 182 g/mol. The van der Waals surface area contributed by atoms with Gasteiger partial charge in [0.2, 0.25) is 0 Å². The van der Waals surface area contributed by atoms with E-state index in [1.54, 1.807) is 0 Å². The van der Waals surface area contributed by atoms with Crippen LogP contribution < -0.4 is 0 Å². The predicted octanol–water partition coefficient (Wildman–Crippen LogP) is 0.504. The first-order valence-electron chi connectivity index (χ1n) is 5.13. The van der Waals surface area contributed by atoms with Gasteiger partial charge in [-0.25, -0.2) is 0 Å². The molecular weight excluding hydrogens is 168 g/mol. The van der Waals surface area contributed by atoms with E-state index in [-0.39, 0.29) is 30.1 Å². The summed E-state index contributed by atoms with van der Waals surface area (Å²) in [5.74, 6) is 0.477. The van der Waals surface area contributed by atoms with Crippen molar-refractivity contribution in [2.75, 3.05) is 0 Å². The van der Waals surface area contributed by atoms with Crippen molar-refractivity contribution in [1.29, 1.82) is 0 Å². The molecule has 2 saturated heterocycles. The molecule has 3 fully saturated rings. The molecule has 0 spiro atoms. The van der Waals surface area contributed by atoms with E-state index < -0.39 is 0 Å². The standard InChI is InChI=1S/C10H14O3/c11-5-1-2-6(12)10-8-4-3-7(13-8)9(5)10/h5,7-11H,1-4H2. The van der Waals surface area contributed by atoms with E-state index >= 15 is 0 Å². The number of aliphatic hydroxyl groups excluding tert-OH is 1. The van der Waals surface area contributed by atoms with Gasteiger partial charge in [-0.15, -0.1) is 0 Å². The Morgan fingerprint density at radius 2 is 2.00 bits per heavy atom. The number of fused-ring (bicyclic) bond motifs is 5. The summed E-state index contributed by atoms with van der Waals surface area (Å²) in [6, 6.07) is 0. The summed E-state index contributed by atoms with van der Waals surface area (Å²) in [5.41, 5.74) is 0. The first-order valence-corrected chi connectivity index (χ1v) is 5.13. The van der Waals surface area contributed by atoms with Gasteiger partial charge in [0.05, 0.1) is 24.2 Å². The fourth-order valence-corrected chi connectivity index (χ4v) is 3.27. The third-order valence-corrected chi connectivity index (χ3v) is 3.83. The molecule has 1 aliphatic carbocycles. The highest BCUT2D eigenvalue weighted by atomic mass is 16.5. The van der Waals surface area contributed by atoms with Crippen LogP contribution in [0.25, 0.3) is 0 Å². The molecule has 72 valence electrons. The SMILES string of the molecule is O=C1CCC(O)C2C3CCC(O3)C12. The van der Waals surface area contributed by atoms with Crippen LogP contribution in [-0.4, -0.2) is 29.2 Å². The molecule has 2 bridgehead atoms. The zero-order chi connectivity index (χ0) is 9.00. The topological polar surface area (TPSA) is 46.5 Å². The van der Waals surface area contributed by atoms with Crippen LogP contribution in [0, 0.1) is 11.8 Å². The number of hydrogen-bond acceptors (Lipinski definition) is 3. The third kappa shape index (κ3) is 0.945. The highest BCUT2D eigenvalue weighted by Gasteiger charge is 2.55. The van der Waals surface area contributed by atoms with Gasteiger partial charge >= 0.3 is 0 Å². The van der Waals surface area contributed by atoms with Crippen LogP contribution in [0.1, 0.15) is 25.7 Å². The monoisotopic (exact) mass is 182 g/mol. The second-order valence-corrected chi connectivity index (χ2v) is 4.47. The normalized spacial score (nSPS) is 53.9. The van der Waals surface area contributed by atoms with Crippen LogP contribution in [-0.2, 0) is 9.53 Å². The van der Waals surface area contributed by atoms with E-state index in [2.05, 4.69) is 0 Å². The molecule has 1 N–H and O–H groups in total. The lowest BCUT2D eigenvalue weighted by Crippen LogP contribution is -2.44. The molecule has 5 atom stereocenters. The first kappa shape index (κ1) is 7.94. The summed E-state index contributed by atoms with van der Waals surface area (Å²) in [5, 5.41) is 9.79. The minimum atomic E-state index is -0.294. The highest BCUT2D eigenvalue weighted by molar-refractivity contribution is 5.83. The third-order valence-electron chi connectivity index (χ3n) is 3.83. The highest BCUT2D eigenvalue weighted by Crippen LogP contribution is 2.48. The van der Waals surface area contributed by atoms with Crippen molar-refractivity contribution in [3.63, 3.8) is 0 Å². The molecule has 13 heavy (non-hydrogen) atoms. The van der Waals surface area contributed by atoms with Gasteiger partial charge in [-0.1, -0.05) is 0 Å². The van der Waals surface area contributed by atoms with Gasteiger partial charge in [0.15, 0.2) is 0 Å². The van der Waals surface area contributed by atoms with Crippen LogP contribution in [0.5, 0.6) is 0 Å². The Balaban J connectivity index is 1.93. The largest absolute Gasteiger partial charge is 0.393 e. The summed E-state index contributed by atoms with van der Waals surface area (Å²) in [7, 11) is 0. The van der Waals surface area contributed by atoms with Crippen molar-refractivity contribution in [2.45, 2.75) is 44.0 Å². The fourth-order valence-electron chi connectivity index (χ4n) is 3.27. The molecule has 0 aromatic rings. The van der Waals surface area contributed by atoms with Crippen molar-refractivity contribution in [1.82, 2.24) is 0 Å². The number of aliphatic hydroxyl groups is 1. The molecule has 3 aliphatic rings. The zero-order valence-corrected chi connectivity index (χ0v) is 7.48. The first-order chi connectivity index (χ1) is 6.27. The van der Waals surface area contributed by atoms with Gasteiger partial charge < -0.3 is 9.84 Å². The van der Waals surface area contributed by atoms with E-state index in [4.69, 9.17) is 4.74 Å². The maximum atomic E-state index is 11.6. The van der Waals surface area contributed by atoms with Crippen molar-refractivity contribution >= 4 is 5.78 Å². The number of ketones is 1. The van der Waals surface area contributed by atoms with Gasteiger partial charge in [0, 0.05) is 12.3 Å². The number of carbonyl (C=O) groups is 1. The molecule has 2 aliphatic heterocycles. The Morgan fingerprint density at radius 3 is 2.77 bits per heavy atom. The summed E-state index contributed by atoms with van der Waals surface area (Å²) in [6.07, 6.45) is 3.27. The van der Waals surface area contributed by atoms with Crippen molar-refractivity contribution in [2.24, 2.45) is 11.8 Å². The molecule has 5 unspecified atom stereocenters. The van der Waals surface area contributed by atoms with E-state index in [0.717, 1.165) is 12.8 Å². The summed E-state index contributed by atoms with van der Waals surface area (Å²) in [6.45, 7) is 0. The Labute approximate surface area is 77.1 Å². The van der Waals surface area contributed by atoms with E-state index in [1.165, 1.54) is 0 Å². The van der Waals surface area contributed by atoms with Crippen molar-refractivity contribution in [3.8, 4) is 0 Å². The molecule has 0 amide bonds. The van der Waals surface area contributed by atoms with E-state index in [0.29, 0.717) is 18.6 Å². The van der Waals surface area contributed by atoms with Gasteiger partial charge in [0.1, 0.15) is 5.78 Å². The number of carbonyl (C=O) groups excluding carboxylic acids is 1. The molecule has 2 heterocycles. The van der Waals surface area contributed by atoms with Gasteiger partial charge in [-0.05, 0) is 19.3 Å². The average Bonchev–Trinajstić information content (AvgIpc) is 2.70. The zero-order valence-electron chi connectivity index (χ0n) is 7.48. The lowest BCUT2D eigenvalue weighted by atomic mass is 9.69. The number of ether oxygens (including phenoxy) is 1. The number of Topliss-reactive ketones (excluding diaryl/α,β-unsaturated/α-hetero) is 1. The molecule has 3 heteroatoms. The Bertz CT molecular complexity index is 251. The number of hydrogen-bond donors (Lipinski definition) is 1. The van der Waals surface area contributed by atoms with E-state index in [9.17, 15) is 9.90 Å². The second-order valence-electron chi connectivity index (χ2n) is 4.47. The van der Waals surface area contributed by atoms with Crippen LogP contribution in [0.2, 0.25) is 0 Å². The molecule has 3 rings (SSSR count). The Morgan fingerprint density at radius 1 is 1.23 bits per heavy atom. The fraction of sp³-hybridized carbons (Fsp3) is 0.900. The minimum Gasteiger partial charge on any atom is -0.393 e. The van der Waals surface area contributed by atoms with Crippen molar-refractivity contribution < 1.29 is 14.6 Å². The van der Waals surface area contributed by atoms with Crippen LogP contribution in [0.3, 0.4) is 0 Å². The molecular formula is C10H14O3. The maximum absolute atomic E-state index is 11.6. The molecule has 0 radical (unpaired) electrons. The second kappa shape index (κ2) is 2.55. The van der Waals surface area contributed by atoms with Crippen LogP contribution in [0.4, 0.5) is 0 Å². The van der Waals surface area contributed by atoms with Crippen molar-refractivity contribution in [3.05, 3.63) is 0 Å². The Kier molecular flexibility index (Phi) is 1.56. The molecule has 1 saturated carbocycles. The maximum Gasteiger partial charge on any atom is 0.139 e. The van der Waals surface area contributed by atoms with E-state index in [1.807, 2.05) is 0 Å². The molecule has 0 aromatic carbocycles. The minimum absolute atomic E-state index is 0.0301. The quantitative estimate of drug-likeness (QED) is 0.593. The lowest BCUT2D eigenvalue weighted by molar-refractivity contribution is -0.131. The molecule has 0 aromatic heterocycles. The van der Waals surface area contributed by atoms with Crippen LogP contribution in [0.15, 0.2) is 0 Å². The summed E-state index contributed by atoms with van der Waals surface area (Å²) < 4.78 is 5.68. The van der Waals surface area contributed by atoms with Gasteiger partial charge in [-0.3, -0.25) is 4.79 Å². The molecule has 3 nitrogen and oxygen atoms in total. The summed E-state index contributed by atoms with van der Waals surface area (Å²) in [4.78, 5) is 11.6. The summed E-state index contributed by atoms with van der Waals surface area (Å²) >= 11 is 0. The van der Waals surface area contributed by atoms with Gasteiger partial charge in [-0.2, -0.15) is 0 Å². The predicted molar refractivity (Wildman–Crippen MR) is 45.1 cm³/mol.